The molecule has 0 heterocycles. The van der Waals surface area contributed by atoms with Gasteiger partial charge in [0.2, 0.25) is 0 Å². The molecule has 1 N–H and O–H groups in total. The monoisotopic (exact) mass is 311 g/mol. The van der Waals surface area contributed by atoms with E-state index in [1.54, 1.807) is 0 Å². The molecule has 0 aliphatic carbocycles. The Hall–Kier alpha value is -2.29. The van der Waals surface area contributed by atoms with Crippen LogP contribution in [0.5, 0.6) is 5.75 Å². The van der Waals surface area contributed by atoms with Crippen LogP contribution in [-0.4, -0.2) is 12.0 Å². The van der Waals surface area contributed by atoms with Crippen molar-refractivity contribution in [1.29, 1.82) is 0 Å². The first kappa shape index (κ1) is 17.1. The predicted octanol–water partition coefficient (Wildman–Crippen LogP) is 4.09. The molecule has 122 valence electrons. The van der Waals surface area contributed by atoms with Gasteiger partial charge in [-0.1, -0.05) is 42.8 Å². The summed E-state index contributed by atoms with van der Waals surface area (Å²) in [5.74, 6) is 0.664. The molecule has 3 nitrogen and oxygen atoms in total. The maximum Gasteiger partial charge on any atom is 0.261 e. The van der Waals surface area contributed by atoms with E-state index in [0.717, 1.165) is 16.9 Å². The highest BCUT2D eigenvalue weighted by Gasteiger charge is 2.18. The van der Waals surface area contributed by atoms with Gasteiger partial charge in [-0.15, -0.1) is 0 Å². The largest absolute Gasteiger partial charge is 0.481 e. The number of hydrogen-bond acceptors (Lipinski definition) is 2. The first-order chi connectivity index (χ1) is 11.0. The maximum atomic E-state index is 12.3. The van der Waals surface area contributed by atoms with Crippen molar-refractivity contribution in [2.75, 3.05) is 0 Å². The summed E-state index contributed by atoms with van der Waals surface area (Å²) in [5.41, 5.74) is 4.68. The average Bonchev–Trinajstić information content (AvgIpc) is 2.55. The van der Waals surface area contributed by atoms with E-state index in [-0.39, 0.29) is 5.91 Å². The second-order valence-electron chi connectivity index (χ2n) is 5.96. The van der Waals surface area contributed by atoms with Crippen molar-refractivity contribution >= 4 is 5.91 Å². The van der Waals surface area contributed by atoms with Crippen molar-refractivity contribution in [2.24, 2.45) is 0 Å². The molecular weight excluding hydrogens is 286 g/mol. The first-order valence-electron chi connectivity index (χ1n) is 8.06. The van der Waals surface area contributed by atoms with Crippen molar-refractivity contribution < 1.29 is 9.53 Å². The fourth-order valence-electron chi connectivity index (χ4n) is 2.28. The second kappa shape index (κ2) is 7.82. The molecule has 0 spiro atoms. The second-order valence-corrected chi connectivity index (χ2v) is 5.96. The van der Waals surface area contributed by atoms with E-state index in [0.29, 0.717) is 13.0 Å². The van der Waals surface area contributed by atoms with E-state index in [2.05, 4.69) is 12.2 Å². The van der Waals surface area contributed by atoms with Crippen LogP contribution >= 0.6 is 0 Å². The number of amides is 1. The molecular formula is C20H25NO2. The third-order valence-corrected chi connectivity index (χ3v) is 4.01. The van der Waals surface area contributed by atoms with Crippen LogP contribution in [-0.2, 0) is 11.3 Å². The molecule has 0 unspecified atom stereocenters. The Kier molecular flexibility index (Phi) is 5.80. The van der Waals surface area contributed by atoms with Gasteiger partial charge in [-0.3, -0.25) is 4.79 Å². The van der Waals surface area contributed by atoms with E-state index >= 15 is 0 Å². The average molecular weight is 311 g/mol. The van der Waals surface area contributed by atoms with Gasteiger partial charge in [0.25, 0.3) is 5.91 Å². The van der Waals surface area contributed by atoms with Gasteiger partial charge in [-0.05, 0) is 56.0 Å². The summed E-state index contributed by atoms with van der Waals surface area (Å²) in [5, 5.41) is 2.95. The molecule has 3 heteroatoms. The maximum absolute atomic E-state index is 12.3. The predicted molar refractivity (Wildman–Crippen MR) is 93.6 cm³/mol. The van der Waals surface area contributed by atoms with Crippen LogP contribution in [0.2, 0.25) is 0 Å². The third-order valence-electron chi connectivity index (χ3n) is 4.01. The molecule has 0 aliphatic rings. The summed E-state index contributed by atoms with van der Waals surface area (Å²) in [7, 11) is 0. The van der Waals surface area contributed by atoms with Gasteiger partial charge >= 0.3 is 0 Å². The van der Waals surface area contributed by atoms with E-state index in [4.69, 9.17) is 4.74 Å². The van der Waals surface area contributed by atoms with Gasteiger partial charge in [-0.25, -0.2) is 0 Å². The van der Waals surface area contributed by atoms with E-state index in [9.17, 15) is 4.79 Å². The van der Waals surface area contributed by atoms with Gasteiger partial charge in [-0.2, -0.15) is 0 Å². The van der Waals surface area contributed by atoms with Crippen LogP contribution < -0.4 is 10.1 Å². The Labute approximate surface area is 138 Å². The van der Waals surface area contributed by atoms with Gasteiger partial charge < -0.3 is 10.1 Å². The van der Waals surface area contributed by atoms with Gasteiger partial charge in [0, 0.05) is 6.54 Å². The SMILES string of the molecule is CC[C@@H](Oc1ccc(C)c(C)c1)C(=O)NCc1ccc(C)cc1. The molecule has 0 saturated carbocycles. The molecule has 0 fully saturated rings. The van der Waals surface area contributed by atoms with Gasteiger partial charge in [0.1, 0.15) is 5.75 Å². The minimum absolute atomic E-state index is 0.0775. The molecule has 0 aliphatic heterocycles. The lowest BCUT2D eigenvalue weighted by Gasteiger charge is -2.18. The minimum atomic E-state index is -0.470. The van der Waals surface area contributed by atoms with Crippen molar-refractivity contribution in [3.05, 3.63) is 64.7 Å². The number of rotatable bonds is 6. The summed E-state index contributed by atoms with van der Waals surface area (Å²) in [6.07, 6.45) is 0.162. The fraction of sp³-hybridized carbons (Fsp3) is 0.350. The van der Waals surface area contributed by atoms with Crippen LogP contribution in [0.1, 0.15) is 35.6 Å². The highest BCUT2D eigenvalue weighted by Crippen LogP contribution is 2.18. The molecule has 1 amide bonds. The van der Waals surface area contributed by atoms with Crippen molar-refractivity contribution in [3.8, 4) is 5.75 Å². The Morgan fingerprint density at radius 1 is 1.04 bits per heavy atom. The van der Waals surface area contributed by atoms with E-state index in [1.165, 1.54) is 11.1 Å². The first-order valence-corrected chi connectivity index (χ1v) is 8.06. The molecule has 2 aromatic carbocycles. The molecule has 1 atom stereocenters. The van der Waals surface area contributed by atoms with Crippen LogP contribution in [0.25, 0.3) is 0 Å². The molecule has 0 aromatic heterocycles. The molecule has 23 heavy (non-hydrogen) atoms. The van der Waals surface area contributed by atoms with Crippen LogP contribution in [0, 0.1) is 20.8 Å². The lowest BCUT2D eigenvalue weighted by molar-refractivity contribution is -0.128. The van der Waals surface area contributed by atoms with Crippen LogP contribution in [0.4, 0.5) is 0 Å². The number of ether oxygens (including phenoxy) is 1. The third kappa shape index (κ3) is 4.85. The topological polar surface area (TPSA) is 38.3 Å². The normalized spacial score (nSPS) is 11.8. The summed E-state index contributed by atoms with van der Waals surface area (Å²) in [6.45, 7) is 8.63. The standard InChI is InChI=1S/C20H25NO2/c1-5-19(23-18-11-8-15(3)16(4)12-18)20(22)21-13-17-9-6-14(2)7-10-17/h6-12,19H,5,13H2,1-4H3,(H,21,22)/t19-/m1/s1. The lowest BCUT2D eigenvalue weighted by atomic mass is 10.1. The lowest BCUT2D eigenvalue weighted by Crippen LogP contribution is -2.37. The molecule has 2 aromatic rings. The quantitative estimate of drug-likeness (QED) is 0.872. The highest BCUT2D eigenvalue weighted by atomic mass is 16.5. The van der Waals surface area contributed by atoms with Crippen LogP contribution in [0.3, 0.4) is 0 Å². The zero-order valence-corrected chi connectivity index (χ0v) is 14.3. The number of aryl methyl sites for hydroxylation is 3. The summed E-state index contributed by atoms with van der Waals surface area (Å²) in [6, 6.07) is 14.1. The summed E-state index contributed by atoms with van der Waals surface area (Å²) in [4.78, 5) is 12.3. The molecule has 0 saturated heterocycles. The molecule has 0 bridgehead atoms. The number of hydrogen-bond donors (Lipinski definition) is 1. The molecule has 2 rings (SSSR count). The Bertz CT molecular complexity index is 662. The highest BCUT2D eigenvalue weighted by molar-refractivity contribution is 5.81. The zero-order chi connectivity index (χ0) is 16.8. The summed E-state index contributed by atoms with van der Waals surface area (Å²) < 4.78 is 5.86. The van der Waals surface area contributed by atoms with Crippen molar-refractivity contribution in [2.45, 2.75) is 46.8 Å². The van der Waals surface area contributed by atoms with E-state index in [1.807, 2.05) is 63.2 Å². The minimum Gasteiger partial charge on any atom is -0.481 e. The van der Waals surface area contributed by atoms with Crippen molar-refractivity contribution in [3.63, 3.8) is 0 Å². The summed E-state index contributed by atoms with van der Waals surface area (Å²) >= 11 is 0. The Morgan fingerprint density at radius 2 is 1.74 bits per heavy atom. The molecule has 0 radical (unpaired) electrons. The van der Waals surface area contributed by atoms with E-state index < -0.39 is 6.10 Å². The zero-order valence-electron chi connectivity index (χ0n) is 14.3. The van der Waals surface area contributed by atoms with Gasteiger partial charge in [0.15, 0.2) is 6.10 Å². The smallest absolute Gasteiger partial charge is 0.261 e. The number of benzene rings is 2. The number of nitrogens with one attached hydrogen (secondary N) is 1. The fourth-order valence-corrected chi connectivity index (χ4v) is 2.28. The van der Waals surface area contributed by atoms with Crippen molar-refractivity contribution in [1.82, 2.24) is 5.32 Å². The van der Waals surface area contributed by atoms with Crippen LogP contribution in [0.15, 0.2) is 42.5 Å². The Morgan fingerprint density at radius 3 is 2.35 bits per heavy atom. The Balaban J connectivity index is 1.95. The van der Waals surface area contributed by atoms with Gasteiger partial charge in [0.05, 0.1) is 0 Å². The number of carbonyl (C=O) groups excluding carboxylic acids is 1. The number of carbonyl (C=O) groups is 1.